The molecule has 0 spiro atoms. The monoisotopic (exact) mass is 322 g/mol. The molecule has 2 unspecified atom stereocenters. The summed E-state index contributed by atoms with van der Waals surface area (Å²) in [7, 11) is 0. The van der Waals surface area contributed by atoms with Gasteiger partial charge in [-0.3, -0.25) is 4.79 Å². The summed E-state index contributed by atoms with van der Waals surface area (Å²) < 4.78 is 29.2. The van der Waals surface area contributed by atoms with Crippen LogP contribution >= 0.6 is 0 Å². The molecular formula is C15H31FN2O4. The second-order valence-corrected chi connectivity index (χ2v) is 5.47. The van der Waals surface area contributed by atoms with Crippen LogP contribution in [0.4, 0.5) is 4.39 Å². The number of alkyl halides is 1. The van der Waals surface area contributed by atoms with E-state index < -0.39 is 6.17 Å². The van der Waals surface area contributed by atoms with E-state index in [2.05, 4.69) is 24.5 Å². The summed E-state index contributed by atoms with van der Waals surface area (Å²) in [4.78, 5) is 10.6. The largest absolute Gasteiger partial charge is 0.377 e. The molecule has 0 aromatic rings. The fourth-order valence-electron chi connectivity index (χ4n) is 1.51. The van der Waals surface area contributed by atoms with E-state index in [9.17, 15) is 9.18 Å². The van der Waals surface area contributed by atoms with Crippen molar-refractivity contribution in [3.8, 4) is 0 Å². The van der Waals surface area contributed by atoms with E-state index in [1.54, 1.807) is 0 Å². The van der Waals surface area contributed by atoms with Crippen LogP contribution < -0.4 is 10.6 Å². The Balaban J connectivity index is 3.28. The van der Waals surface area contributed by atoms with Crippen molar-refractivity contribution < 1.29 is 23.4 Å². The quantitative estimate of drug-likeness (QED) is 0.465. The molecule has 22 heavy (non-hydrogen) atoms. The molecule has 0 aromatic carbocycles. The molecule has 6 nitrogen and oxygen atoms in total. The zero-order chi connectivity index (χ0) is 16.8. The first kappa shape index (κ1) is 21.2. The van der Waals surface area contributed by atoms with Crippen LogP contribution in [0.25, 0.3) is 0 Å². The molecule has 1 amide bonds. The molecule has 0 aromatic heterocycles. The Morgan fingerprint density at radius 3 is 2.32 bits per heavy atom. The van der Waals surface area contributed by atoms with Crippen molar-refractivity contribution in [2.24, 2.45) is 0 Å². The third kappa shape index (κ3) is 15.6. The molecule has 0 radical (unpaired) electrons. The van der Waals surface area contributed by atoms with Crippen molar-refractivity contribution in [3.63, 3.8) is 0 Å². The van der Waals surface area contributed by atoms with Gasteiger partial charge in [0.05, 0.1) is 45.7 Å². The Labute approximate surface area is 133 Å². The Hall–Kier alpha value is -0.760. The van der Waals surface area contributed by atoms with Gasteiger partial charge < -0.3 is 24.8 Å². The Bertz CT molecular complexity index is 280. The second kappa shape index (κ2) is 13.9. The average Bonchev–Trinajstić information content (AvgIpc) is 2.45. The third-order valence-corrected chi connectivity index (χ3v) is 2.69. The van der Waals surface area contributed by atoms with E-state index in [1.165, 1.54) is 6.92 Å². The van der Waals surface area contributed by atoms with Gasteiger partial charge in [-0.05, 0) is 6.92 Å². The van der Waals surface area contributed by atoms with Crippen molar-refractivity contribution in [3.05, 3.63) is 0 Å². The van der Waals surface area contributed by atoms with Crippen molar-refractivity contribution >= 4 is 5.91 Å². The van der Waals surface area contributed by atoms with Crippen LogP contribution in [0.15, 0.2) is 0 Å². The first-order valence-corrected chi connectivity index (χ1v) is 7.80. The van der Waals surface area contributed by atoms with Crippen LogP contribution in [0.1, 0.15) is 27.7 Å². The molecule has 2 N–H and O–H groups in total. The number of carbonyl (C=O) groups excluding carboxylic acids is 1. The lowest BCUT2D eigenvalue weighted by molar-refractivity contribution is -0.119. The van der Waals surface area contributed by atoms with Gasteiger partial charge in [0.2, 0.25) is 5.91 Å². The number of carbonyl (C=O) groups is 1. The summed E-state index contributed by atoms with van der Waals surface area (Å²) in [6, 6.07) is 0.449. The fraction of sp³-hybridized carbons (Fsp3) is 0.933. The van der Waals surface area contributed by atoms with E-state index >= 15 is 0 Å². The SMILES string of the molecule is CC(=O)NCC(F)COCCOCCOC(C)CNC(C)C. The Kier molecular flexibility index (Phi) is 13.4. The van der Waals surface area contributed by atoms with Gasteiger partial charge >= 0.3 is 0 Å². The lowest BCUT2D eigenvalue weighted by Gasteiger charge is -2.16. The summed E-state index contributed by atoms with van der Waals surface area (Å²) >= 11 is 0. The van der Waals surface area contributed by atoms with Crippen LogP contribution in [0, 0.1) is 0 Å². The van der Waals surface area contributed by atoms with E-state index in [0.717, 1.165) is 6.54 Å². The minimum atomic E-state index is -1.19. The molecule has 0 heterocycles. The molecule has 2 atom stereocenters. The van der Waals surface area contributed by atoms with Gasteiger partial charge in [-0.1, -0.05) is 13.8 Å². The van der Waals surface area contributed by atoms with Gasteiger partial charge in [0.15, 0.2) is 0 Å². The van der Waals surface area contributed by atoms with Crippen LogP contribution in [0.5, 0.6) is 0 Å². The van der Waals surface area contributed by atoms with Gasteiger partial charge in [-0.15, -0.1) is 0 Å². The van der Waals surface area contributed by atoms with Crippen LogP contribution in [0.2, 0.25) is 0 Å². The van der Waals surface area contributed by atoms with Crippen molar-refractivity contribution in [1.82, 2.24) is 10.6 Å². The predicted octanol–water partition coefficient (Wildman–Crippen LogP) is 0.897. The molecule has 0 bridgehead atoms. The maximum atomic E-state index is 13.2. The molecule has 0 fully saturated rings. The number of rotatable bonds is 14. The molecule has 7 heteroatoms. The third-order valence-electron chi connectivity index (χ3n) is 2.69. The molecular weight excluding hydrogens is 291 g/mol. The van der Waals surface area contributed by atoms with Crippen molar-refractivity contribution in [2.75, 3.05) is 46.1 Å². The van der Waals surface area contributed by atoms with Crippen LogP contribution in [-0.2, 0) is 19.0 Å². The predicted molar refractivity (Wildman–Crippen MR) is 83.8 cm³/mol. The maximum absolute atomic E-state index is 13.2. The van der Waals surface area contributed by atoms with E-state index in [1.807, 2.05) is 6.92 Å². The molecule has 0 aliphatic heterocycles. The highest BCUT2D eigenvalue weighted by Gasteiger charge is 2.07. The maximum Gasteiger partial charge on any atom is 0.216 e. The molecule has 0 saturated heterocycles. The summed E-state index contributed by atoms with van der Waals surface area (Å²) in [5.41, 5.74) is 0. The highest BCUT2D eigenvalue weighted by Crippen LogP contribution is 1.92. The minimum Gasteiger partial charge on any atom is -0.377 e. The average molecular weight is 322 g/mol. The lowest BCUT2D eigenvalue weighted by Crippen LogP contribution is -2.32. The Morgan fingerprint density at radius 2 is 1.68 bits per heavy atom. The van der Waals surface area contributed by atoms with E-state index in [0.29, 0.717) is 32.5 Å². The number of ether oxygens (including phenoxy) is 3. The summed E-state index contributed by atoms with van der Waals surface area (Å²) in [6.45, 7) is 10.0. The number of hydrogen-bond acceptors (Lipinski definition) is 5. The van der Waals surface area contributed by atoms with Gasteiger partial charge in [0.25, 0.3) is 0 Å². The van der Waals surface area contributed by atoms with Crippen LogP contribution in [0.3, 0.4) is 0 Å². The highest BCUT2D eigenvalue weighted by atomic mass is 19.1. The van der Waals surface area contributed by atoms with Gasteiger partial charge in [-0.25, -0.2) is 4.39 Å². The smallest absolute Gasteiger partial charge is 0.216 e. The molecule has 0 aliphatic rings. The molecule has 0 saturated carbocycles. The number of hydrogen-bond donors (Lipinski definition) is 2. The number of nitrogens with one attached hydrogen (secondary N) is 2. The van der Waals surface area contributed by atoms with E-state index in [-0.39, 0.29) is 25.2 Å². The number of amides is 1. The number of halogens is 1. The fourth-order valence-corrected chi connectivity index (χ4v) is 1.51. The first-order valence-electron chi connectivity index (χ1n) is 7.80. The lowest BCUT2D eigenvalue weighted by atomic mass is 10.3. The zero-order valence-electron chi connectivity index (χ0n) is 14.2. The molecule has 0 rings (SSSR count). The summed E-state index contributed by atoms with van der Waals surface area (Å²) in [6.07, 6.45) is -1.05. The second-order valence-electron chi connectivity index (χ2n) is 5.47. The van der Waals surface area contributed by atoms with Gasteiger partial charge in [-0.2, -0.15) is 0 Å². The molecule has 132 valence electrons. The van der Waals surface area contributed by atoms with Crippen LogP contribution in [-0.4, -0.2) is 70.3 Å². The normalized spacial score (nSPS) is 14.1. The summed E-state index contributed by atoms with van der Waals surface area (Å²) in [5, 5.41) is 5.69. The topological polar surface area (TPSA) is 68.8 Å². The standard InChI is InChI=1S/C15H31FN2O4/c1-12(2)17-9-13(3)22-8-7-20-5-6-21-11-15(16)10-18-14(4)19/h12-13,15,17H,5-11H2,1-4H3,(H,18,19). The minimum absolute atomic E-state index is 0.0215. The van der Waals surface area contributed by atoms with Crippen molar-refractivity contribution in [2.45, 2.75) is 46.0 Å². The summed E-state index contributed by atoms with van der Waals surface area (Å²) in [5.74, 6) is -0.246. The van der Waals surface area contributed by atoms with Crippen molar-refractivity contribution in [1.29, 1.82) is 0 Å². The van der Waals surface area contributed by atoms with E-state index in [4.69, 9.17) is 14.2 Å². The Morgan fingerprint density at radius 1 is 1.05 bits per heavy atom. The molecule has 0 aliphatic carbocycles. The highest BCUT2D eigenvalue weighted by molar-refractivity contribution is 5.72. The van der Waals surface area contributed by atoms with Gasteiger partial charge in [0.1, 0.15) is 6.17 Å². The van der Waals surface area contributed by atoms with Gasteiger partial charge in [0, 0.05) is 19.5 Å². The first-order chi connectivity index (χ1) is 10.4. The zero-order valence-corrected chi connectivity index (χ0v) is 14.2.